The summed E-state index contributed by atoms with van der Waals surface area (Å²) in [5.74, 6) is -0.174. The maximum Gasteiger partial charge on any atom is 0.272 e. The zero-order valence-electron chi connectivity index (χ0n) is 13.1. The van der Waals surface area contributed by atoms with Crippen LogP contribution in [0, 0.1) is 0 Å². The molecule has 0 radical (unpaired) electrons. The molecule has 1 aromatic carbocycles. The van der Waals surface area contributed by atoms with E-state index >= 15 is 0 Å². The number of nitrogens with zero attached hydrogens (tertiary/aromatic N) is 1. The van der Waals surface area contributed by atoms with Gasteiger partial charge in [-0.2, -0.15) is 0 Å². The quantitative estimate of drug-likeness (QED) is 0.892. The summed E-state index contributed by atoms with van der Waals surface area (Å²) in [7, 11) is 0. The zero-order valence-corrected chi connectivity index (χ0v) is 13.1. The van der Waals surface area contributed by atoms with E-state index in [9.17, 15) is 18.4 Å². The number of morpholine rings is 1. The summed E-state index contributed by atoms with van der Waals surface area (Å²) in [6.07, 6.45) is -2.67. The molecule has 0 spiro atoms. The highest BCUT2D eigenvalue weighted by Gasteiger charge is 2.44. The van der Waals surface area contributed by atoms with E-state index < -0.39 is 25.1 Å². The van der Waals surface area contributed by atoms with Crippen molar-refractivity contribution in [3.8, 4) is 5.75 Å². The minimum absolute atomic E-state index is 0.123. The highest BCUT2D eigenvalue weighted by molar-refractivity contribution is 5.97. The molecule has 0 saturated carbocycles. The third-order valence-electron chi connectivity index (χ3n) is 4.08. The molecule has 0 aromatic heterocycles. The van der Waals surface area contributed by atoms with Crippen molar-refractivity contribution in [2.75, 3.05) is 19.8 Å². The molecule has 6 nitrogen and oxygen atoms in total. The number of piperazine rings is 1. The number of ether oxygens (including phenoxy) is 2. The summed E-state index contributed by atoms with van der Waals surface area (Å²) >= 11 is 0. The lowest BCUT2D eigenvalue weighted by Crippen LogP contribution is -2.64. The Labute approximate surface area is 137 Å². The van der Waals surface area contributed by atoms with Crippen molar-refractivity contribution in [3.05, 3.63) is 29.8 Å². The summed E-state index contributed by atoms with van der Waals surface area (Å²) in [5, 5.41) is 2.70. The van der Waals surface area contributed by atoms with Gasteiger partial charge in [-0.05, 0) is 24.6 Å². The smallest absolute Gasteiger partial charge is 0.272 e. The third kappa shape index (κ3) is 3.33. The van der Waals surface area contributed by atoms with E-state index in [2.05, 4.69) is 5.32 Å². The minimum atomic E-state index is -2.55. The largest absolute Gasteiger partial charge is 0.488 e. The average molecular weight is 340 g/mol. The van der Waals surface area contributed by atoms with Gasteiger partial charge in [-0.3, -0.25) is 9.59 Å². The van der Waals surface area contributed by atoms with Crippen LogP contribution in [0.1, 0.15) is 18.5 Å². The van der Waals surface area contributed by atoms with Crippen molar-refractivity contribution in [1.29, 1.82) is 0 Å². The van der Waals surface area contributed by atoms with Crippen LogP contribution < -0.4 is 10.1 Å². The van der Waals surface area contributed by atoms with Crippen LogP contribution in [0.3, 0.4) is 0 Å². The molecule has 2 saturated heterocycles. The molecule has 1 unspecified atom stereocenters. The number of benzene rings is 1. The van der Waals surface area contributed by atoms with Crippen LogP contribution in [0.5, 0.6) is 5.75 Å². The molecule has 2 aliphatic rings. The Morgan fingerprint density at radius 1 is 1.33 bits per heavy atom. The fourth-order valence-corrected chi connectivity index (χ4v) is 2.87. The average Bonchev–Trinajstić information content (AvgIpc) is 2.56. The third-order valence-corrected chi connectivity index (χ3v) is 4.08. The number of rotatable bonds is 4. The maximum atomic E-state index is 12.7. The fraction of sp³-hybridized carbons (Fsp3) is 0.500. The van der Waals surface area contributed by atoms with E-state index in [1.165, 1.54) is 12.1 Å². The first-order valence-corrected chi connectivity index (χ1v) is 7.69. The molecule has 2 amide bonds. The van der Waals surface area contributed by atoms with Crippen molar-refractivity contribution >= 4 is 11.8 Å². The van der Waals surface area contributed by atoms with Crippen LogP contribution in [0.2, 0.25) is 0 Å². The second-order valence-corrected chi connectivity index (χ2v) is 5.86. The van der Waals surface area contributed by atoms with Crippen molar-refractivity contribution in [1.82, 2.24) is 10.2 Å². The molecule has 24 heavy (non-hydrogen) atoms. The second-order valence-electron chi connectivity index (χ2n) is 5.86. The molecule has 8 heteroatoms. The van der Waals surface area contributed by atoms with Gasteiger partial charge in [-0.25, -0.2) is 8.78 Å². The number of carbonyl (C=O) groups excluding carboxylic acids is 2. The van der Waals surface area contributed by atoms with Gasteiger partial charge in [0.1, 0.15) is 24.4 Å². The van der Waals surface area contributed by atoms with E-state index in [-0.39, 0.29) is 30.3 Å². The normalized spacial score (nSPS) is 27.0. The first-order valence-electron chi connectivity index (χ1n) is 7.69. The molecule has 1 aromatic rings. The number of nitrogens with one attached hydrogen (secondary N) is 1. The van der Waals surface area contributed by atoms with Crippen LogP contribution in [0.4, 0.5) is 8.78 Å². The summed E-state index contributed by atoms with van der Waals surface area (Å²) < 4.78 is 34.6. The van der Waals surface area contributed by atoms with Crippen LogP contribution in [0.25, 0.3) is 0 Å². The van der Waals surface area contributed by atoms with E-state index in [0.29, 0.717) is 12.1 Å². The number of amides is 2. The number of hydrogen-bond acceptors (Lipinski definition) is 4. The lowest BCUT2D eigenvalue weighted by molar-refractivity contribution is -0.162. The Kier molecular flexibility index (Phi) is 4.66. The molecule has 2 fully saturated rings. The predicted octanol–water partition coefficient (Wildman–Crippen LogP) is 1.12. The van der Waals surface area contributed by atoms with Gasteiger partial charge in [-0.15, -0.1) is 0 Å². The SMILES string of the molecule is C[C@H]1CN2C(=O)C(c3ccc(OCC(F)F)cc3)NC(=O)[C@@H]2CO1. The molecule has 130 valence electrons. The molecule has 0 aliphatic carbocycles. The first kappa shape index (κ1) is 16.6. The van der Waals surface area contributed by atoms with E-state index in [1.54, 1.807) is 17.0 Å². The topological polar surface area (TPSA) is 67.9 Å². The van der Waals surface area contributed by atoms with Gasteiger partial charge in [0.05, 0.1) is 12.7 Å². The zero-order chi connectivity index (χ0) is 17.3. The summed E-state index contributed by atoms with van der Waals surface area (Å²) in [6.45, 7) is 1.71. The van der Waals surface area contributed by atoms with Gasteiger partial charge in [0.15, 0.2) is 0 Å². The van der Waals surface area contributed by atoms with Crippen LogP contribution in [0.15, 0.2) is 24.3 Å². The highest BCUT2D eigenvalue weighted by atomic mass is 19.3. The monoisotopic (exact) mass is 340 g/mol. The lowest BCUT2D eigenvalue weighted by atomic mass is 9.99. The van der Waals surface area contributed by atoms with Gasteiger partial charge in [-0.1, -0.05) is 12.1 Å². The van der Waals surface area contributed by atoms with Gasteiger partial charge in [0.2, 0.25) is 5.91 Å². The molecule has 3 atom stereocenters. The predicted molar refractivity (Wildman–Crippen MR) is 79.7 cm³/mol. The summed E-state index contributed by atoms with van der Waals surface area (Å²) in [6, 6.07) is 4.81. The highest BCUT2D eigenvalue weighted by Crippen LogP contribution is 2.26. The lowest BCUT2D eigenvalue weighted by Gasteiger charge is -2.43. The van der Waals surface area contributed by atoms with Crippen LogP contribution in [-0.2, 0) is 14.3 Å². The Morgan fingerprint density at radius 3 is 2.71 bits per heavy atom. The van der Waals surface area contributed by atoms with Crippen molar-refractivity contribution < 1.29 is 27.8 Å². The Balaban J connectivity index is 1.74. The number of halogens is 2. The number of alkyl halides is 2. The van der Waals surface area contributed by atoms with Gasteiger partial charge in [0, 0.05) is 6.54 Å². The van der Waals surface area contributed by atoms with E-state index in [0.717, 1.165) is 0 Å². The summed E-state index contributed by atoms with van der Waals surface area (Å²) in [4.78, 5) is 26.4. The molecule has 2 aliphatic heterocycles. The number of carbonyl (C=O) groups is 2. The standard InChI is InChI=1S/C16H18F2N2O4/c1-9-6-20-12(7-23-9)15(21)19-14(16(20)22)10-2-4-11(5-3-10)24-8-13(17)18/h2-5,9,12-14H,6-8H2,1H3,(H,19,21)/t9-,12-,14?/m0/s1. The molecule has 3 rings (SSSR count). The Hall–Kier alpha value is -2.22. The molecule has 2 heterocycles. The molecular weight excluding hydrogens is 322 g/mol. The Bertz CT molecular complexity index is 623. The van der Waals surface area contributed by atoms with Gasteiger partial charge in [0.25, 0.3) is 12.3 Å². The Morgan fingerprint density at radius 2 is 2.04 bits per heavy atom. The minimum Gasteiger partial charge on any atom is -0.488 e. The molecule has 1 N–H and O–H groups in total. The van der Waals surface area contributed by atoms with E-state index in [1.807, 2.05) is 6.92 Å². The first-order chi connectivity index (χ1) is 11.5. The van der Waals surface area contributed by atoms with Gasteiger partial charge >= 0.3 is 0 Å². The molecular formula is C16H18F2N2O4. The number of hydrogen-bond donors (Lipinski definition) is 1. The van der Waals surface area contributed by atoms with Crippen molar-refractivity contribution in [2.24, 2.45) is 0 Å². The second kappa shape index (κ2) is 6.72. The molecule has 0 bridgehead atoms. The van der Waals surface area contributed by atoms with Crippen LogP contribution in [-0.4, -0.2) is 55.0 Å². The maximum absolute atomic E-state index is 12.7. The number of fused-ring (bicyclic) bond motifs is 1. The van der Waals surface area contributed by atoms with Crippen molar-refractivity contribution in [3.63, 3.8) is 0 Å². The van der Waals surface area contributed by atoms with Crippen molar-refractivity contribution in [2.45, 2.75) is 31.5 Å². The van der Waals surface area contributed by atoms with Crippen LogP contribution >= 0.6 is 0 Å². The van der Waals surface area contributed by atoms with Gasteiger partial charge < -0.3 is 19.7 Å². The van der Waals surface area contributed by atoms with E-state index in [4.69, 9.17) is 9.47 Å². The summed E-state index contributed by atoms with van der Waals surface area (Å²) in [5.41, 5.74) is 0.579. The fourth-order valence-electron chi connectivity index (χ4n) is 2.87.